The Morgan fingerprint density at radius 1 is 1.19 bits per heavy atom. The first-order valence-corrected chi connectivity index (χ1v) is 8.86. The van der Waals surface area contributed by atoms with Crippen molar-refractivity contribution in [3.05, 3.63) is 82.3 Å². The van der Waals surface area contributed by atoms with Gasteiger partial charge in [-0.05, 0) is 42.2 Å². The third-order valence-electron chi connectivity index (χ3n) is 4.66. The van der Waals surface area contributed by atoms with E-state index in [1.807, 2.05) is 36.4 Å². The van der Waals surface area contributed by atoms with Crippen molar-refractivity contribution in [3.63, 3.8) is 0 Å². The predicted octanol–water partition coefficient (Wildman–Crippen LogP) is 3.52. The van der Waals surface area contributed by atoms with E-state index in [0.717, 1.165) is 17.5 Å². The largest absolute Gasteiger partial charge is 0.465 e. The molecule has 5 heteroatoms. The molecule has 0 radical (unpaired) electrons. The van der Waals surface area contributed by atoms with Gasteiger partial charge < -0.3 is 9.64 Å². The fourth-order valence-corrected chi connectivity index (χ4v) is 3.11. The Morgan fingerprint density at radius 2 is 1.93 bits per heavy atom. The number of benzene rings is 1. The summed E-state index contributed by atoms with van der Waals surface area (Å²) in [5, 5.41) is 0. The molecule has 3 rings (SSSR count). The van der Waals surface area contributed by atoms with E-state index in [0.29, 0.717) is 23.4 Å². The van der Waals surface area contributed by atoms with Gasteiger partial charge in [0, 0.05) is 18.1 Å². The summed E-state index contributed by atoms with van der Waals surface area (Å²) in [6, 6.07) is 11.7. The minimum Gasteiger partial charge on any atom is -0.465 e. The van der Waals surface area contributed by atoms with Gasteiger partial charge >= 0.3 is 5.97 Å². The quantitative estimate of drug-likeness (QED) is 0.603. The molecule has 1 amide bonds. The summed E-state index contributed by atoms with van der Waals surface area (Å²) in [7, 11) is 1.32. The summed E-state index contributed by atoms with van der Waals surface area (Å²) in [4.78, 5) is 31.1. The first-order valence-electron chi connectivity index (χ1n) is 8.86. The summed E-state index contributed by atoms with van der Waals surface area (Å²) in [5.41, 5.74) is 4.23. The van der Waals surface area contributed by atoms with Gasteiger partial charge in [-0.15, -0.1) is 0 Å². The molecule has 0 saturated heterocycles. The van der Waals surface area contributed by atoms with Crippen LogP contribution in [-0.2, 0) is 27.3 Å². The van der Waals surface area contributed by atoms with Crippen LogP contribution in [-0.4, -0.2) is 28.9 Å². The highest BCUT2D eigenvalue weighted by molar-refractivity contribution is 6.16. The molecule has 2 heterocycles. The van der Waals surface area contributed by atoms with Crippen LogP contribution >= 0.6 is 0 Å². The Labute approximate surface area is 159 Å². The third-order valence-corrected chi connectivity index (χ3v) is 4.66. The van der Waals surface area contributed by atoms with Crippen LogP contribution in [0.15, 0.2) is 65.6 Å². The monoisotopic (exact) mass is 362 g/mol. The maximum Gasteiger partial charge on any atom is 0.340 e. The van der Waals surface area contributed by atoms with Crippen molar-refractivity contribution in [1.29, 1.82) is 0 Å². The van der Waals surface area contributed by atoms with Gasteiger partial charge in [0.05, 0.1) is 24.8 Å². The third kappa shape index (κ3) is 3.82. The maximum atomic E-state index is 13.1. The van der Waals surface area contributed by atoms with Gasteiger partial charge in [0.15, 0.2) is 0 Å². The molecular weight excluding hydrogens is 340 g/mol. The van der Waals surface area contributed by atoms with E-state index in [1.165, 1.54) is 12.7 Å². The van der Waals surface area contributed by atoms with E-state index in [1.54, 1.807) is 30.3 Å². The SMILES string of the molecule is CCc1ccc(/C=C2\C(=O)N(Cc3cccnc3)C(C)=C2C(=O)OC)cc1. The van der Waals surface area contributed by atoms with Crippen molar-refractivity contribution in [3.8, 4) is 0 Å². The zero-order chi connectivity index (χ0) is 19.4. The fraction of sp³-hybridized carbons (Fsp3) is 0.227. The van der Waals surface area contributed by atoms with Crippen molar-refractivity contribution in [2.45, 2.75) is 26.8 Å². The number of hydrogen-bond acceptors (Lipinski definition) is 4. The number of rotatable bonds is 5. The molecular formula is C22H22N2O3. The lowest BCUT2D eigenvalue weighted by Gasteiger charge is -2.17. The van der Waals surface area contributed by atoms with Crippen molar-refractivity contribution in [1.82, 2.24) is 9.88 Å². The minimum atomic E-state index is -0.508. The van der Waals surface area contributed by atoms with Gasteiger partial charge in [0.25, 0.3) is 5.91 Å². The lowest BCUT2D eigenvalue weighted by Crippen LogP contribution is -2.24. The van der Waals surface area contributed by atoms with E-state index < -0.39 is 5.97 Å². The van der Waals surface area contributed by atoms with Crippen molar-refractivity contribution in [2.24, 2.45) is 0 Å². The zero-order valence-corrected chi connectivity index (χ0v) is 15.7. The van der Waals surface area contributed by atoms with Crippen LogP contribution in [0.25, 0.3) is 6.08 Å². The first-order chi connectivity index (χ1) is 13.0. The Balaban J connectivity index is 2.00. The molecule has 138 valence electrons. The van der Waals surface area contributed by atoms with Crippen LogP contribution < -0.4 is 0 Å². The molecule has 1 aromatic heterocycles. The molecule has 0 spiro atoms. The fourth-order valence-electron chi connectivity index (χ4n) is 3.11. The summed E-state index contributed by atoms with van der Waals surface area (Å²) < 4.78 is 4.93. The van der Waals surface area contributed by atoms with E-state index in [9.17, 15) is 9.59 Å². The van der Waals surface area contributed by atoms with Gasteiger partial charge in [-0.2, -0.15) is 0 Å². The number of carbonyl (C=O) groups is 2. The molecule has 0 N–H and O–H groups in total. The Morgan fingerprint density at radius 3 is 2.52 bits per heavy atom. The molecule has 0 atom stereocenters. The minimum absolute atomic E-state index is 0.212. The molecule has 1 aromatic carbocycles. The summed E-state index contributed by atoms with van der Waals surface area (Å²) in [6.07, 6.45) is 6.09. The molecule has 0 bridgehead atoms. The van der Waals surface area contributed by atoms with Gasteiger partial charge in [-0.3, -0.25) is 9.78 Å². The molecule has 27 heavy (non-hydrogen) atoms. The van der Waals surface area contributed by atoms with Crippen LogP contribution in [0, 0.1) is 0 Å². The number of esters is 1. The van der Waals surface area contributed by atoms with E-state index in [4.69, 9.17) is 4.74 Å². The Kier molecular flexibility index (Phi) is 5.50. The lowest BCUT2D eigenvalue weighted by molar-refractivity contribution is -0.136. The van der Waals surface area contributed by atoms with Gasteiger partial charge in [-0.1, -0.05) is 37.3 Å². The van der Waals surface area contributed by atoms with Crippen molar-refractivity contribution < 1.29 is 14.3 Å². The predicted molar refractivity (Wildman–Crippen MR) is 103 cm³/mol. The molecule has 0 saturated carbocycles. The molecule has 2 aromatic rings. The van der Waals surface area contributed by atoms with Gasteiger partial charge in [-0.25, -0.2) is 4.79 Å². The average Bonchev–Trinajstić information content (AvgIpc) is 2.93. The Bertz CT molecular complexity index is 912. The van der Waals surface area contributed by atoms with Crippen LogP contribution in [0.4, 0.5) is 0 Å². The maximum absolute atomic E-state index is 13.1. The highest BCUT2D eigenvalue weighted by atomic mass is 16.5. The van der Waals surface area contributed by atoms with Crippen LogP contribution in [0.5, 0.6) is 0 Å². The normalized spacial score (nSPS) is 15.6. The second-order valence-corrected chi connectivity index (χ2v) is 6.36. The molecule has 1 aliphatic heterocycles. The number of methoxy groups -OCH3 is 1. The van der Waals surface area contributed by atoms with Crippen LogP contribution in [0.1, 0.15) is 30.5 Å². The molecule has 5 nitrogen and oxygen atoms in total. The lowest BCUT2D eigenvalue weighted by atomic mass is 10.0. The zero-order valence-electron chi connectivity index (χ0n) is 15.7. The smallest absolute Gasteiger partial charge is 0.340 e. The highest BCUT2D eigenvalue weighted by Gasteiger charge is 2.36. The van der Waals surface area contributed by atoms with Gasteiger partial charge in [0.1, 0.15) is 0 Å². The van der Waals surface area contributed by atoms with Crippen molar-refractivity contribution in [2.75, 3.05) is 7.11 Å². The topological polar surface area (TPSA) is 59.5 Å². The first kappa shape index (κ1) is 18.6. The Hall–Kier alpha value is -3.21. The van der Waals surface area contributed by atoms with E-state index >= 15 is 0 Å². The number of carbonyl (C=O) groups excluding carboxylic acids is 2. The number of aromatic nitrogens is 1. The molecule has 0 unspecified atom stereocenters. The van der Waals surface area contributed by atoms with Crippen LogP contribution in [0.2, 0.25) is 0 Å². The van der Waals surface area contributed by atoms with Gasteiger partial charge in [0.2, 0.25) is 0 Å². The second kappa shape index (κ2) is 7.99. The number of amides is 1. The summed E-state index contributed by atoms with van der Waals surface area (Å²) in [6.45, 7) is 4.21. The molecule has 0 aliphatic carbocycles. The highest BCUT2D eigenvalue weighted by Crippen LogP contribution is 2.32. The standard InChI is InChI=1S/C22H22N2O3/c1-4-16-7-9-17(10-8-16)12-19-20(22(26)27-3)15(2)24(21(19)25)14-18-6-5-11-23-13-18/h5-13H,4,14H2,1-3H3/b19-12-. The molecule has 0 fully saturated rings. The number of ether oxygens (including phenoxy) is 1. The number of pyridine rings is 1. The van der Waals surface area contributed by atoms with Crippen molar-refractivity contribution >= 4 is 18.0 Å². The number of nitrogens with zero attached hydrogens (tertiary/aromatic N) is 2. The number of hydrogen-bond donors (Lipinski definition) is 0. The second-order valence-electron chi connectivity index (χ2n) is 6.36. The van der Waals surface area contributed by atoms with E-state index in [-0.39, 0.29) is 5.91 Å². The van der Waals surface area contributed by atoms with Crippen LogP contribution in [0.3, 0.4) is 0 Å². The number of aryl methyl sites for hydroxylation is 1. The summed E-state index contributed by atoms with van der Waals surface area (Å²) >= 11 is 0. The van der Waals surface area contributed by atoms with E-state index in [2.05, 4.69) is 11.9 Å². The number of allylic oxidation sites excluding steroid dienone is 1. The average molecular weight is 362 g/mol. The summed E-state index contributed by atoms with van der Waals surface area (Å²) in [5.74, 6) is -0.720. The molecule has 1 aliphatic rings.